The Morgan fingerprint density at radius 1 is 1.19 bits per heavy atom. The maximum absolute atomic E-state index is 12.6. The summed E-state index contributed by atoms with van der Waals surface area (Å²) < 4.78 is 11.2. The second-order valence-electron chi connectivity index (χ2n) is 5.84. The van der Waals surface area contributed by atoms with Crippen LogP contribution in [0.1, 0.15) is 25.7 Å². The monoisotopic (exact) mass is 289 g/mol. The van der Waals surface area contributed by atoms with Crippen LogP contribution in [0.5, 0.6) is 5.75 Å². The third-order valence-corrected chi connectivity index (χ3v) is 4.42. The molecule has 0 radical (unpaired) electrons. The van der Waals surface area contributed by atoms with E-state index in [1.807, 2.05) is 35.2 Å². The maximum atomic E-state index is 12.6. The van der Waals surface area contributed by atoms with Crippen molar-refractivity contribution in [2.24, 2.45) is 5.92 Å². The standard InChI is InChI=1S/C17H23NO3/c19-17(14-8-11-20-12-9-14)18-10-4-5-15(18)13-21-16-6-2-1-3-7-16/h1-3,6-7,14-15H,4-5,8-13H2/t15-/m0/s1. The van der Waals surface area contributed by atoms with E-state index in [-0.39, 0.29) is 12.0 Å². The molecule has 0 N–H and O–H groups in total. The fourth-order valence-electron chi connectivity index (χ4n) is 3.19. The average Bonchev–Trinajstić information content (AvgIpc) is 3.02. The number of ether oxygens (including phenoxy) is 2. The number of para-hydroxylation sites is 1. The fraction of sp³-hybridized carbons (Fsp3) is 0.588. The summed E-state index contributed by atoms with van der Waals surface area (Å²) in [6.45, 7) is 2.91. The first kappa shape index (κ1) is 14.4. The van der Waals surface area contributed by atoms with Gasteiger partial charge in [-0.2, -0.15) is 0 Å². The number of benzene rings is 1. The highest BCUT2D eigenvalue weighted by molar-refractivity contribution is 5.79. The molecule has 114 valence electrons. The van der Waals surface area contributed by atoms with E-state index in [0.29, 0.717) is 12.5 Å². The Morgan fingerprint density at radius 3 is 2.71 bits per heavy atom. The van der Waals surface area contributed by atoms with Gasteiger partial charge in [0.05, 0.1) is 6.04 Å². The van der Waals surface area contributed by atoms with Gasteiger partial charge in [0.1, 0.15) is 12.4 Å². The number of amides is 1. The van der Waals surface area contributed by atoms with Crippen molar-refractivity contribution in [1.29, 1.82) is 0 Å². The van der Waals surface area contributed by atoms with Crippen molar-refractivity contribution < 1.29 is 14.3 Å². The van der Waals surface area contributed by atoms with Crippen LogP contribution in [-0.2, 0) is 9.53 Å². The van der Waals surface area contributed by atoms with E-state index < -0.39 is 0 Å². The molecule has 0 spiro atoms. The number of likely N-dealkylation sites (tertiary alicyclic amines) is 1. The van der Waals surface area contributed by atoms with Crippen molar-refractivity contribution in [3.63, 3.8) is 0 Å². The largest absolute Gasteiger partial charge is 0.491 e. The lowest BCUT2D eigenvalue weighted by atomic mass is 9.98. The van der Waals surface area contributed by atoms with Gasteiger partial charge in [0, 0.05) is 25.7 Å². The quantitative estimate of drug-likeness (QED) is 0.855. The number of nitrogens with zero attached hydrogens (tertiary/aromatic N) is 1. The second kappa shape index (κ2) is 6.94. The Hall–Kier alpha value is -1.55. The molecule has 0 bridgehead atoms. The zero-order chi connectivity index (χ0) is 14.5. The molecule has 0 unspecified atom stereocenters. The van der Waals surface area contributed by atoms with Gasteiger partial charge in [-0.1, -0.05) is 18.2 Å². The van der Waals surface area contributed by atoms with Crippen LogP contribution < -0.4 is 4.74 Å². The van der Waals surface area contributed by atoms with Crippen LogP contribution in [0.4, 0.5) is 0 Å². The van der Waals surface area contributed by atoms with E-state index in [0.717, 1.165) is 51.2 Å². The molecular formula is C17H23NO3. The molecule has 1 aromatic carbocycles. The topological polar surface area (TPSA) is 38.8 Å². The summed E-state index contributed by atoms with van der Waals surface area (Å²) in [7, 11) is 0. The third-order valence-electron chi connectivity index (χ3n) is 4.42. The molecule has 1 amide bonds. The molecule has 4 nitrogen and oxygen atoms in total. The van der Waals surface area contributed by atoms with Gasteiger partial charge in [-0.25, -0.2) is 0 Å². The van der Waals surface area contributed by atoms with Crippen LogP contribution in [0.3, 0.4) is 0 Å². The highest BCUT2D eigenvalue weighted by Gasteiger charge is 2.34. The summed E-state index contributed by atoms with van der Waals surface area (Å²) in [6, 6.07) is 10.0. The number of hydrogen-bond donors (Lipinski definition) is 0. The predicted octanol–water partition coefficient (Wildman–Crippen LogP) is 2.48. The second-order valence-corrected chi connectivity index (χ2v) is 5.84. The first-order valence-corrected chi connectivity index (χ1v) is 7.90. The Bertz CT molecular complexity index is 456. The van der Waals surface area contributed by atoms with Crippen LogP contribution in [-0.4, -0.2) is 43.2 Å². The van der Waals surface area contributed by atoms with Gasteiger partial charge in [-0.3, -0.25) is 4.79 Å². The Kier molecular flexibility index (Phi) is 4.76. The number of rotatable bonds is 4. The lowest BCUT2D eigenvalue weighted by Crippen LogP contribution is -2.43. The maximum Gasteiger partial charge on any atom is 0.226 e. The van der Waals surface area contributed by atoms with Crippen molar-refractivity contribution in [2.75, 3.05) is 26.4 Å². The molecule has 0 aromatic heterocycles. The molecule has 0 aliphatic carbocycles. The first-order chi connectivity index (χ1) is 10.3. The van der Waals surface area contributed by atoms with Crippen molar-refractivity contribution in [1.82, 2.24) is 4.90 Å². The van der Waals surface area contributed by atoms with Gasteiger partial charge in [-0.15, -0.1) is 0 Å². The summed E-state index contributed by atoms with van der Waals surface area (Å²) in [6.07, 6.45) is 3.85. The minimum absolute atomic E-state index is 0.149. The number of carbonyl (C=O) groups is 1. The van der Waals surface area contributed by atoms with Crippen LogP contribution >= 0.6 is 0 Å². The molecule has 2 aliphatic heterocycles. The van der Waals surface area contributed by atoms with Crippen molar-refractivity contribution >= 4 is 5.91 Å². The first-order valence-electron chi connectivity index (χ1n) is 7.90. The Balaban J connectivity index is 1.56. The zero-order valence-electron chi connectivity index (χ0n) is 12.4. The van der Waals surface area contributed by atoms with Crippen molar-refractivity contribution in [3.05, 3.63) is 30.3 Å². The molecule has 2 saturated heterocycles. The highest BCUT2D eigenvalue weighted by Crippen LogP contribution is 2.25. The molecule has 2 heterocycles. The SMILES string of the molecule is O=C(C1CCOCC1)N1CCC[C@H]1COc1ccccc1. The van der Waals surface area contributed by atoms with E-state index in [9.17, 15) is 4.79 Å². The van der Waals surface area contributed by atoms with E-state index in [1.54, 1.807) is 0 Å². The van der Waals surface area contributed by atoms with E-state index in [1.165, 1.54) is 0 Å². The number of hydrogen-bond acceptors (Lipinski definition) is 3. The van der Waals surface area contributed by atoms with Crippen LogP contribution in [0, 0.1) is 5.92 Å². The Labute approximate surface area is 126 Å². The van der Waals surface area contributed by atoms with Crippen LogP contribution in [0.25, 0.3) is 0 Å². The lowest BCUT2D eigenvalue weighted by Gasteiger charge is -2.30. The molecule has 1 atom stereocenters. The number of carbonyl (C=O) groups excluding carboxylic acids is 1. The normalized spacial score (nSPS) is 23.2. The van der Waals surface area contributed by atoms with Crippen molar-refractivity contribution in [3.8, 4) is 5.75 Å². The van der Waals surface area contributed by atoms with Gasteiger partial charge in [0.25, 0.3) is 0 Å². The molecular weight excluding hydrogens is 266 g/mol. The van der Waals surface area contributed by atoms with E-state index in [2.05, 4.69) is 0 Å². The summed E-state index contributed by atoms with van der Waals surface area (Å²) in [5.41, 5.74) is 0. The minimum atomic E-state index is 0.149. The molecule has 4 heteroatoms. The minimum Gasteiger partial charge on any atom is -0.491 e. The molecule has 2 aliphatic rings. The zero-order valence-corrected chi connectivity index (χ0v) is 12.4. The molecule has 2 fully saturated rings. The van der Waals surface area contributed by atoms with Gasteiger partial charge in [-0.05, 0) is 37.8 Å². The van der Waals surface area contributed by atoms with Crippen molar-refractivity contribution in [2.45, 2.75) is 31.7 Å². The molecule has 0 saturated carbocycles. The van der Waals surface area contributed by atoms with Gasteiger partial charge in [0.2, 0.25) is 5.91 Å². The van der Waals surface area contributed by atoms with Gasteiger partial charge < -0.3 is 14.4 Å². The average molecular weight is 289 g/mol. The highest BCUT2D eigenvalue weighted by atomic mass is 16.5. The molecule has 21 heavy (non-hydrogen) atoms. The molecule has 1 aromatic rings. The summed E-state index contributed by atoms with van der Waals surface area (Å²) in [5, 5.41) is 0. The van der Waals surface area contributed by atoms with E-state index >= 15 is 0 Å². The van der Waals surface area contributed by atoms with Crippen LogP contribution in [0.15, 0.2) is 30.3 Å². The smallest absolute Gasteiger partial charge is 0.226 e. The summed E-state index contributed by atoms with van der Waals surface area (Å²) >= 11 is 0. The predicted molar refractivity (Wildman–Crippen MR) is 80.2 cm³/mol. The third kappa shape index (κ3) is 3.56. The van der Waals surface area contributed by atoms with Crippen LogP contribution in [0.2, 0.25) is 0 Å². The Morgan fingerprint density at radius 2 is 1.95 bits per heavy atom. The fourth-order valence-corrected chi connectivity index (χ4v) is 3.19. The molecule has 3 rings (SSSR count). The summed E-state index contributed by atoms with van der Waals surface area (Å²) in [5.74, 6) is 1.33. The van der Waals surface area contributed by atoms with Gasteiger partial charge >= 0.3 is 0 Å². The van der Waals surface area contributed by atoms with E-state index in [4.69, 9.17) is 9.47 Å². The summed E-state index contributed by atoms with van der Waals surface area (Å²) in [4.78, 5) is 14.7. The lowest BCUT2D eigenvalue weighted by molar-refractivity contribution is -0.139. The van der Waals surface area contributed by atoms with Gasteiger partial charge in [0.15, 0.2) is 0 Å².